The fourth-order valence-electron chi connectivity index (χ4n) is 1.85. The minimum Gasteiger partial charge on any atom is -0.389 e. The maximum atomic E-state index is 9.43. The second-order valence-electron chi connectivity index (χ2n) is 4.05. The average molecular weight is 253 g/mol. The summed E-state index contributed by atoms with van der Waals surface area (Å²) in [4.78, 5) is 4.09. The molecule has 4 nitrogen and oxygen atoms in total. The van der Waals surface area contributed by atoms with Crippen molar-refractivity contribution in [1.29, 1.82) is 0 Å². The van der Waals surface area contributed by atoms with Gasteiger partial charge in [-0.2, -0.15) is 0 Å². The van der Waals surface area contributed by atoms with Crippen LogP contribution in [0.1, 0.15) is 9.75 Å². The maximum Gasteiger partial charge on any atom is 0.104 e. The molecule has 0 aliphatic carbocycles. The first-order valence-electron chi connectivity index (χ1n) is 5.46. The Hall–Kier alpha value is -0.900. The molecule has 1 saturated heterocycles. The molecule has 0 bridgehead atoms. The van der Waals surface area contributed by atoms with Crippen LogP contribution in [0.3, 0.4) is 0 Å². The quantitative estimate of drug-likeness (QED) is 0.629. The van der Waals surface area contributed by atoms with Crippen molar-refractivity contribution >= 4 is 11.3 Å². The average Bonchev–Trinajstić information content (AvgIpc) is 2.85. The van der Waals surface area contributed by atoms with Gasteiger partial charge in [0.1, 0.15) is 6.61 Å². The van der Waals surface area contributed by atoms with Gasteiger partial charge in [-0.15, -0.1) is 11.3 Å². The lowest BCUT2D eigenvalue weighted by Crippen LogP contribution is -2.22. The van der Waals surface area contributed by atoms with E-state index in [2.05, 4.69) is 11.8 Å². The van der Waals surface area contributed by atoms with E-state index in [0.717, 1.165) is 16.3 Å². The molecule has 1 aromatic heterocycles. The van der Waals surface area contributed by atoms with E-state index in [4.69, 9.17) is 5.11 Å². The van der Waals surface area contributed by atoms with Gasteiger partial charge in [0.15, 0.2) is 0 Å². The summed E-state index contributed by atoms with van der Waals surface area (Å²) in [6, 6.07) is 3.91. The molecule has 92 valence electrons. The Morgan fingerprint density at radius 1 is 1.29 bits per heavy atom. The lowest BCUT2D eigenvalue weighted by Gasteiger charge is -2.12. The first-order valence-corrected chi connectivity index (χ1v) is 6.27. The SMILES string of the molecule is OCC#Cc1ccc(CN2CC(O)C(O)C2)s1. The van der Waals surface area contributed by atoms with Gasteiger partial charge in [0.05, 0.1) is 17.1 Å². The number of aliphatic hydroxyl groups excluding tert-OH is 3. The Kier molecular flexibility index (Phi) is 4.15. The normalized spacial score (nSPS) is 24.6. The Labute approximate surface area is 104 Å². The predicted molar refractivity (Wildman–Crippen MR) is 65.6 cm³/mol. The maximum absolute atomic E-state index is 9.43. The number of rotatable bonds is 2. The zero-order valence-electron chi connectivity index (χ0n) is 9.33. The van der Waals surface area contributed by atoms with Crippen LogP contribution in [0.25, 0.3) is 0 Å². The van der Waals surface area contributed by atoms with Gasteiger partial charge in [-0.3, -0.25) is 4.90 Å². The molecule has 1 aliphatic rings. The molecular formula is C12H15NO3S. The Morgan fingerprint density at radius 3 is 2.65 bits per heavy atom. The zero-order valence-corrected chi connectivity index (χ0v) is 10.2. The van der Waals surface area contributed by atoms with Crippen molar-refractivity contribution in [2.75, 3.05) is 19.7 Å². The first-order chi connectivity index (χ1) is 8.19. The van der Waals surface area contributed by atoms with Crippen molar-refractivity contribution in [3.8, 4) is 11.8 Å². The number of β-amino-alcohol motifs (C(OH)–C–C–N with tert-alkyl or cyclic N) is 2. The van der Waals surface area contributed by atoms with E-state index in [9.17, 15) is 10.2 Å². The second kappa shape index (κ2) is 5.63. The molecule has 2 heterocycles. The van der Waals surface area contributed by atoms with Gasteiger partial charge in [-0.1, -0.05) is 11.8 Å². The minimum atomic E-state index is -0.636. The van der Waals surface area contributed by atoms with Gasteiger partial charge in [-0.25, -0.2) is 0 Å². The molecule has 2 rings (SSSR count). The molecule has 0 radical (unpaired) electrons. The lowest BCUT2D eigenvalue weighted by atomic mass is 10.3. The van der Waals surface area contributed by atoms with E-state index in [1.807, 2.05) is 17.0 Å². The van der Waals surface area contributed by atoms with Crippen molar-refractivity contribution in [1.82, 2.24) is 4.90 Å². The zero-order chi connectivity index (χ0) is 12.3. The lowest BCUT2D eigenvalue weighted by molar-refractivity contribution is 0.0572. The topological polar surface area (TPSA) is 63.9 Å². The van der Waals surface area contributed by atoms with Crippen molar-refractivity contribution in [2.45, 2.75) is 18.8 Å². The Bertz CT molecular complexity index is 424. The standard InChI is InChI=1S/C12H15NO3S/c14-5-1-2-9-3-4-10(17-9)6-13-7-11(15)12(16)8-13/h3-4,11-12,14-16H,5-8H2. The molecule has 0 amide bonds. The van der Waals surface area contributed by atoms with E-state index < -0.39 is 12.2 Å². The minimum absolute atomic E-state index is 0.127. The molecule has 0 spiro atoms. The molecule has 0 aromatic carbocycles. The third-order valence-corrected chi connectivity index (χ3v) is 3.65. The van der Waals surface area contributed by atoms with E-state index in [1.165, 1.54) is 0 Å². The van der Waals surface area contributed by atoms with Gasteiger partial charge in [0.25, 0.3) is 0 Å². The van der Waals surface area contributed by atoms with Crippen molar-refractivity contribution < 1.29 is 15.3 Å². The van der Waals surface area contributed by atoms with Crippen LogP contribution in [0.2, 0.25) is 0 Å². The highest BCUT2D eigenvalue weighted by molar-refractivity contribution is 7.12. The van der Waals surface area contributed by atoms with E-state index >= 15 is 0 Å². The van der Waals surface area contributed by atoms with Gasteiger partial charge >= 0.3 is 0 Å². The molecule has 1 aromatic rings. The summed E-state index contributed by atoms with van der Waals surface area (Å²) >= 11 is 1.57. The molecular weight excluding hydrogens is 238 g/mol. The molecule has 5 heteroatoms. The largest absolute Gasteiger partial charge is 0.389 e. The number of hydrogen-bond donors (Lipinski definition) is 3. The number of aliphatic hydroxyl groups is 3. The summed E-state index contributed by atoms with van der Waals surface area (Å²) in [7, 11) is 0. The van der Waals surface area contributed by atoms with Crippen LogP contribution in [0.4, 0.5) is 0 Å². The van der Waals surface area contributed by atoms with Crippen LogP contribution in [-0.2, 0) is 6.54 Å². The van der Waals surface area contributed by atoms with Crippen molar-refractivity contribution in [3.05, 3.63) is 21.9 Å². The second-order valence-corrected chi connectivity index (χ2v) is 5.22. The third kappa shape index (κ3) is 3.28. The number of hydrogen-bond acceptors (Lipinski definition) is 5. The summed E-state index contributed by atoms with van der Waals surface area (Å²) < 4.78 is 0. The van der Waals surface area contributed by atoms with Crippen LogP contribution >= 0.6 is 11.3 Å². The number of thiophene rings is 1. The summed E-state index contributed by atoms with van der Waals surface area (Å²) in [5.41, 5.74) is 0. The molecule has 1 fully saturated rings. The number of nitrogens with zero attached hydrogens (tertiary/aromatic N) is 1. The predicted octanol–water partition coefficient (Wildman–Crippen LogP) is -0.371. The van der Waals surface area contributed by atoms with Crippen LogP contribution < -0.4 is 0 Å². The summed E-state index contributed by atoms with van der Waals surface area (Å²) in [5, 5.41) is 27.4. The molecule has 2 atom stereocenters. The molecule has 0 saturated carbocycles. The van der Waals surface area contributed by atoms with Crippen LogP contribution in [0.15, 0.2) is 12.1 Å². The van der Waals surface area contributed by atoms with Crippen LogP contribution in [0, 0.1) is 11.8 Å². The molecule has 17 heavy (non-hydrogen) atoms. The summed E-state index contributed by atoms with van der Waals surface area (Å²) in [6.07, 6.45) is -1.27. The smallest absolute Gasteiger partial charge is 0.104 e. The Morgan fingerprint density at radius 2 is 2.00 bits per heavy atom. The first kappa shape index (κ1) is 12.6. The van der Waals surface area contributed by atoms with Gasteiger partial charge in [-0.05, 0) is 12.1 Å². The van der Waals surface area contributed by atoms with Crippen molar-refractivity contribution in [2.24, 2.45) is 0 Å². The van der Waals surface area contributed by atoms with Gasteiger partial charge in [0.2, 0.25) is 0 Å². The highest BCUT2D eigenvalue weighted by atomic mass is 32.1. The number of likely N-dealkylation sites (tertiary alicyclic amines) is 1. The third-order valence-electron chi connectivity index (χ3n) is 2.67. The summed E-state index contributed by atoms with van der Waals surface area (Å²) in [6.45, 7) is 1.62. The van der Waals surface area contributed by atoms with Gasteiger partial charge in [0, 0.05) is 24.5 Å². The Balaban J connectivity index is 1.93. The fraction of sp³-hybridized carbons (Fsp3) is 0.500. The highest BCUT2D eigenvalue weighted by Gasteiger charge is 2.29. The molecule has 2 unspecified atom stereocenters. The molecule has 3 N–H and O–H groups in total. The molecule has 1 aliphatic heterocycles. The van der Waals surface area contributed by atoms with Crippen LogP contribution in [-0.4, -0.2) is 52.1 Å². The van der Waals surface area contributed by atoms with Crippen molar-refractivity contribution in [3.63, 3.8) is 0 Å². The fourth-order valence-corrected chi connectivity index (χ4v) is 2.78. The van der Waals surface area contributed by atoms with E-state index in [-0.39, 0.29) is 6.61 Å². The monoisotopic (exact) mass is 253 g/mol. The van der Waals surface area contributed by atoms with Gasteiger partial charge < -0.3 is 15.3 Å². The van der Waals surface area contributed by atoms with E-state index in [1.54, 1.807) is 11.3 Å². The van der Waals surface area contributed by atoms with E-state index in [0.29, 0.717) is 13.1 Å². The highest BCUT2D eigenvalue weighted by Crippen LogP contribution is 2.20. The summed E-state index contributed by atoms with van der Waals surface area (Å²) in [5.74, 6) is 5.47. The van der Waals surface area contributed by atoms with Crippen LogP contribution in [0.5, 0.6) is 0 Å².